The largest absolute Gasteiger partial charge is 0.480 e. The van der Waals surface area contributed by atoms with E-state index in [-0.39, 0.29) is 78.4 Å². The number of carboxylic acids is 1. The molecule has 0 radical (unpaired) electrons. The number of ether oxygens (including phenoxy) is 2. The number of rotatable bonds is 13. The van der Waals surface area contributed by atoms with Crippen LogP contribution >= 0.6 is 15.9 Å². The Morgan fingerprint density at radius 3 is 1.02 bits per heavy atom. The molecule has 4 aliphatic carbocycles. The van der Waals surface area contributed by atoms with Crippen molar-refractivity contribution in [1.29, 1.82) is 21.0 Å². The van der Waals surface area contributed by atoms with Crippen LogP contribution in [0.2, 0.25) is 0 Å². The molecule has 0 saturated heterocycles. The van der Waals surface area contributed by atoms with Crippen molar-refractivity contribution >= 4 is 50.5 Å². The third-order valence-electron chi connectivity index (χ3n) is 14.8. The minimum atomic E-state index is -4.69. The summed E-state index contributed by atoms with van der Waals surface area (Å²) in [5.74, 6) is -1.88. The van der Waals surface area contributed by atoms with E-state index < -0.39 is 69.9 Å². The first-order chi connectivity index (χ1) is 44.0. The summed E-state index contributed by atoms with van der Waals surface area (Å²) in [6, 6.07) is 19.3. The van der Waals surface area contributed by atoms with Gasteiger partial charge in [0.2, 0.25) is 0 Å². The molecular weight excluding hydrogens is 1340 g/mol. The van der Waals surface area contributed by atoms with E-state index in [0.29, 0.717) is 73.0 Å². The molecule has 8 rings (SSSR count). The Labute approximate surface area is 543 Å². The summed E-state index contributed by atoms with van der Waals surface area (Å²) in [5.41, 5.74) is 0.855. The molecule has 94 heavy (non-hydrogen) atoms. The molecule has 16 nitrogen and oxygen atoms in total. The van der Waals surface area contributed by atoms with Gasteiger partial charge in [0, 0.05) is 41.2 Å². The van der Waals surface area contributed by atoms with Crippen molar-refractivity contribution in [2.45, 2.75) is 190 Å². The Hall–Kier alpha value is -7.58. The Balaban J connectivity index is 0.000000311. The van der Waals surface area contributed by atoms with Gasteiger partial charge in [-0.15, -0.1) is 0 Å². The molecule has 0 amide bonds. The smallest absolute Gasteiger partial charge is 0.417 e. The zero-order valence-electron chi connectivity index (χ0n) is 51.0. The Kier molecular flexibility index (Phi) is 33.2. The summed E-state index contributed by atoms with van der Waals surface area (Å²) in [4.78, 5) is 31.1. The standard InChI is InChI=1S/C17H19F3N2O2.C16H17F3N2O3.C14H15F3N2O.C8H3F4N.C6H13NO.C3H5BrO/c1-11(23)10-24-15-6-4-13(5-7-15)22-14-3-2-12(9-21)16(8-14)17(18,19)20;17-16(18,19)14-7-12(2-1-10(14)8-20)21-11-3-5-13(6-4-11)24-9-15(22)23;15-14(16,17)13-7-11(2-1-9(13)8-18)19-10-3-5-12(20)6-4-10;9-6-2-1-5(4-13)7(3-6)8(10,11)12;7-5-1-3-6(8)4-2-5;1-3(5)2-4/h2-3,8,13,15,22H,4-7,10H2,1H3;1-2,7,11,13,21H,3-6,9H2,(H,22,23);1-2,7,10,12,19-20H,3-6H2;1-3H;5-6,8H,1-4,7H2;2H2,1H3. The number of Topliss-reactive ketones (excluding diaryl/α,β-unsaturated/α-hetero) is 2. The second-order valence-electron chi connectivity index (χ2n) is 22.4. The fourth-order valence-corrected chi connectivity index (χ4v) is 9.95. The van der Waals surface area contributed by atoms with Gasteiger partial charge in [0.15, 0.2) is 5.78 Å². The molecule has 30 heteroatoms. The highest BCUT2D eigenvalue weighted by Crippen LogP contribution is 2.38. The lowest BCUT2D eigenvalue weighted by Gasteiger charge is -2.29. The van der Waals surface area contributed by atoms with Crippen LogP contribution in [-0.2, 0) is 48.6 Å². The molecule has 8 N–H and O–H groups in total. The fraction of sp³-hybridized carbons (Fsp3) is 0.516. The number of hydrogen-bond donors (Lipinski definition) is 7. The number of aliphatic carboxylic acids is 1. The van der Waals surface area contributed by atoms with Gasteiger partial charge in [0.1, 0.15) is 24.8 Å². The molecule has 514 valence electrons. The molecule has 0 spiro atoms. The zero-order chi connectivity index (χ0) is 70.6. The molecule has 4 saturated carbocycles. The van der Waals surface area contributed by atoms with Crippen molar-refractivity contribution < 1.29 is 96.3 Å². The highest BCUT2D eigenvalue weighted by Gasteiger charge is 2.37. The van der Waals surface area contributed by atoms with Gasteiger partial charge in [-0.1, -0.05) is 15.9 Å². The average molecular weight is 1410 g/mol. The molecule has 4 fully saturated rings. The van der Waals surface area contributed by atoms with E-state index in [0.717, 1.165) is 101 Å². The van der Waals surface area contributed by atoms with Crippen molar-refractivity contribution in [3.05, 3.63) is 123 Å². The van der Waals surface area contributed by atoms with Crippen molar-refractivity contribution in [3.63, 3.8) is 0 Å². The number of nitrogens with zero attached hydrogens (tertiary/aromatic N) is 4. The van der Waals surface area contributed by atoms with Gasteiger partial charge < -0.3 is 46.5 Å². The number of aliphatic hydroxyl groups excluding tert-OH is 2. The maximum Gasteiger partial charge on any atom is 0.417 e. The lowest BCUT2D eigenvalue weighted by atomic mass is 9.92. The normalized spacial score (nSPS) is 21.0. The van der Waals surface area contributed by atoms with Crippen molar-refractivity contribution in [1.82, 2.24) is 0 Å². The van der Waals surface area contributed by atoms with Gasteiger partial charge in [-0.25, -0.2) is 9.18 Å². The zero-order valence-corrected chi connectivity index (χ0v) is 52.6. The number of anilines is 3. The van der Waals surface area contributed by atoms with Gasteiger partial charge in [-0.05, 0) is 189 Å². The maximum atomic E-state index is 13.0. The summed E-state index contributed by atoms with van der Waals surface area (Å²) in [6.45, 7) is 2.77. The van der Waals surface area contributed by atoms with Crippen LogP contribution in [0.15, 0.2) is 72.8 Å². The number of halogens is 14. The third kappa shape index (κ3) is 29.8. The summed E-state index contributed by atoms with van der Waals surface area (Å²) in [6.07, 6.45) is -6.60. The summed E-state index contributed by atoms with van der Waals surface area (Å²) >= 11 is 2.96. The van der Waals surface area contributed by atoms with Gasteiger partial charge in [0.25, 0.3) is 0 Å². The second kappa shape index (κ2) is 38.7. The first kappa shape index (κ1) is 80.7. The van der Waals surface area contributed by atoms with Crippen molar-refractivity contribution in [3.8, 4) is 24.3 Å². The number of benzene rings is 4. The number of aliphatic hydroxyl groups is 2. The third-order valence-corrected chi connectivity index (χ3v) is 15.6. The lowest BCUT2D eigenvalue weighted by molar-refractivity contribution is -0.145. The average Bonchev–Trinajstić information content (AvgIpc) is 0.849. The van der Waals surface area contributed by atoms with Gasteiger partial charge in [-0.3, -0.25) is 9.59 Å². The van der Waals surface area contributed by atoms with Crippen LogP contribution in [0.25, 0.3) is 0 Å². The van der Waals surface area contributed by atoms with E-state index in [2.05, 4.69) is 31.9 Å². The Morgan fingerprint density at radius 1 is 0.479 bits per heavy atom. The van der Waals surface area contributed by atoms with Crippen LogP contribution in [0, 0.1) is 51.1 Å². The van der Waals surface area contributed by atoms with Crippen LogP contribution in [0.3, 0.4) is 0 Å². The van der Waals surface area contributed by atoms with Crippen LogP contribution < -0.4 is 21.7 Å². The number of hydrogen-bond acceptors (Lipinski definition) is 15. The molecular formula is C64H72BrF13N8O8. The topological polar surface area (TPSA) is 288 Å². The number of alkyl halides is 13. The Bertz CT molecular complexity index is 3120. The molecule has 4 aromatic carbocycles. The van der Waals surface area contributed by atoms with Gasteiger partial charge >= 0.3 is 30.7 Å². The minimum Gasteiger partial charge on any atom is -0.480 e. The number of ketones is 2. The van der Waals surface area contributed by atoms with Gasteiger partial charge in [-0.2, -0.15) is 73.7 Å². The van der Waals surface area contributed by atoms with Crippen molar-refractivity contribution in [2.24, 2.45) is 5.73 Å². The van der Waals surface area contributed by atoms with E-state index in [4.69, 9.17) is 46.5 Å². The van der Waals surface area contributed by atoms with E-state index in [1.807, 2.05) is 0 Å². The van der Waals surface area contributed by atoms with Crippen LogP contribution in [0.5, 0.6) is 0 Å². The fourth-order valence-electron chi connectivity index (χ4n) is 9.95. The quantitative estimate of drug-likeness (QED) is 0.0484. The molecule has 4 aliphatic rings. The van der Waals surface area contributed by atoms with E-state index in [1.165, 1.54) is 50.2 Å². The predicted octanol–water partition coefficient (Wildman–Crippen LogP) is 14.5. The monoisotopic (exact) mass is 1410 g/mol. The maximum absolute atomic E-state index is 13.0. The van der Waals surface area contributed by atoms with E-state index >= 15 is 0 Å². The van der Waals surface area contributed by atoms with E-state index in [1.54, 1.807) is 18.2 Å². The number of nitrogens with one attached hydrogen (secondary N) is 3. The number of nitriles is 4. The van der Waals surface area contributed by atoms with Crippen molar-refractivity contribution in [2.75, 3.05) is 34.5 Å². The number of carboxylic acid groups (broad SMARTS) is 1. The number of carbonyl (C=O) groups excluding carboxylic acids is 2. The van der Waals surface area contributed by atoms with Crippen LogP contribution in [0.1, 0.15) is 161 Å². The highest BCUT2D eigenvalue weighted by atomic mass is 79.9. The summed E-state index contributed by atoms with van der Waals surface area (Å²) in [5, 5.41) is 71.2. The predicted molar refractivity (Wildman–Crippen MR) is 323 cm³/mol. The Morgan fingerprint density at radius 2 is 0.755 bits per heavy atom. The molecule has 0 unspecified atom stereocenters. The summed E-state index contributed by atoms with van der Waals surface area (Å²) in [7, 11) is 0. The lowest BCUT2D eigenvalue weighted by Crippen LogP contribution is -2.30. The van der Waals surface area contributed by atoms with Gasteiger partial charge in [0.05, 0.1) is 98.5 Å². The highest BCUT2D eigenvalue weighted by molar-refractivity contribution is 9.09. The molecule has 4 aromatic rings. The molecule has 0 atom stereocenters. The first-order valence-electron chi connectivity index (χ1n) is 29.5. The minimum absolute atomic E-state index is 0.0105. The van der Waals surface area contributed by atoms with Crippen LogP contribution in [-0.4, -0.2) is 100.0 Å². The molecule has 0 aromatic heterocycles. The molecule has 0 heterocycles. The second-order valence-corrected chi connectivity index (χ2v) is 23.0. The number of nitrogens with two attached hydrogens (primary N) is 1. The first-order valence-corrected chi connectivity index (χ1v) is 30.6. The van der Waals surface area contributed by atoms with E-state index in [9.17, 15) is 76.6 Å². The number of carbonyl (C=O) groups is 3. The summed E-state index contributed by atoms with van der Waals surface area (Å²) < 4.78 is 176. The SMILES string of the molecule is CC(=O)CBr.CC(=O)COC1CCC(Nc2ccc(C#N)c(C(F)(F)F)c2)CC1.N#Cc1ccc(F)cc1C(F)(F)F.N#Cc1ccc(NC2CCC(O)CC2)cc1C(F)(F)F.N#Cc1ccc(NC2CCC(OCC(=O)O)CC2)cc1C(F)(F)F.NC1CCC(O)CC1. The molecule has 0 aliphatic heterocycles. The molecule has 0 bridgehead atoms. The van der Waals surface area contributed by atoms with Crippen LogP contribution in [0.4, 0.5) is 74.1 Å².